The summed E-state index contributed by atoms with van der Waals surface area (Å²) in [5, 5.41) is 10.0. The molecule has 33 heavy (non-hydrogen) atoms. The van der Waals surface area contributed by atoms with Gasteiger partial charge in [0.1, 0.15) is 23.7 Å². The molecule has 1 atom stereocenters. The molecule has 0 aliphatic heterocycles. The lowest BCUT2D eigenvalue weighted by Gasteiger charge is -2.18. The second kappa shape index (κ2) is 10.2. The summed E-state index contributed by atoms with van der Waals surface area (Å²) >= 11 is 0. The number of aryl methyl sites for hydroxylation is 2. The van der Waals surface area contributed by atoms with Crippen LogP contribution in [0.1, 0.15) is 80.6 Å². The van der Waals surface area contributed by atoms with Crippen LogP contribution in [0.5, 0.6) is 5.75 Å². The molecule has 5 heteroatoms. The molecule has 1 aromatic heterocycles. The lowest BCUT2D eigenvalue weighted by atomic mass is 9.91. The average molecular weight is 451 g/mol. The summed E-state index contributed by atoms with van der Waals surface area (Å²) < 4.78 is 11.9. The van der Waals surface area contributed by atoms with Gasteiger partial charge >= 0.3 is 5.97 Å². The van der Waals surface area contributed by atoms with E-state index in [-0.39, 0.29) is 23.9 Å². The molecule has 0 fully saturated rings. The Morgan fingerprint density at radius 1 is 1.06 bits per heavy atom. The SMILES string of the molecule is CCc1cc(CCC(CC)c2cc3cc(C(=O)O)ccc3o2)ccc1OCC(=O)C(C)(C)C. The van der Waals surface area contributed by atoms with E-state index in [1.165, 1.54) is 5.56 Å². The second-order valence-corrected chi connectivity index (χ2v) is 9.61. The van der Waals surface area contributed by atoms with Gasteiger partial charge in [0.25, 0.3) is 0 Å². The summed E-state index contributed by atoms with van der Waals surface area (Å²) in [4.78, 5) is 23.4. The Bertz CT molecular complexity index is 1130. The van der Waals surface area contributed by atoms with Crippen molar-refractivity contribution in [3.8, 4) is 5.75 Å². The molecular weight excluding hydrogens is 416 g/mol. The Labute approximate surface area is 195 Å². The highest BCUT2D eigenvalue weighted by Gasteiger charge is 2.22. The summed E-state index contributed by atoms with van der Waals surface area (Å²) in [6.45, 7) is 10.0. The Morgan fingerprint density at radius 3 is 2.45 bits per heavy atom. The number of aromatic carboxylic acids is 1. The van der Waals surface area contributed by atoms with Gasteiger partial charge in [-0.2, -0.15) is 0 Å². The minimum atomic E-state index is -0.936. The van der Waals surface area contributed by atoms with E-state index >= 15 is 0 Å². The number of ketones is 1. The van der Waals surface area contributed by atoms with Crippen molar-refractivity contribution < 1.29 is 23.8 Å². The van der Waals surface area contributed by atoms with Gasteiger partial charge in [0.2, 0.25) is 0 Å². The van der Waals surface area contributed by atoms with E-state index in [9.17, 15) is 14.7 Å². The van der Waals surface area contributed by atoms with Crippen LogP contribution in [0.2, 0.25) is 0 Å². The van der Waals surface area contributed by atoms with E-state index in [2.05, 4.69) is 26.0 Å². The molecule has 0 aliphatic rings. The zero-order valence-electron chi connectivity index (χ0n) is 20.2. The number of benzene rings is 2. The molecule has 0 radical (unpaired) electrons. The highest BCUT2D eigenvalue weighted by atomic mass is 16.5. The van der Waals surface area contributed by atoms with Crippen LogP contribution in [-0.4, -0.2) is 23.5 Å². The van der Waals surface area contributed by atoms with Crippen molar-refractivity contribution in [2.45, 2.75) is 66.2 Å². The third-order valence-electron chi connectivity index (χ3n) is 6.16. The summed E-state index contributed by atoms with van der Waals surface area (Å²) in [5.74, 6) is 1.06. The number of rotatable bonds is 10. The molecule has 176 valence electrons. The lowest BCUT2D eigenvalue weighted by molar-refractivity contribution is -0.128. The molecule has 0 saturated heterocycles. The van der Waals surface area contributed by atoms with E-state index in [0.29, 0.717) is 5.58 Å². The molecule has 0 amide bonds. The van der Waals surface area contributed by atoms with Crippen molar-refractivity contribution in [3.05, 3.63) is 64.9 Å². The fourth-order valence-corrected chi connectivity index (χ4v) is 3.85. The molecule has 5 nitrogen and oxygen atoms in total. The lowest BCUT2D eigenvalue weighted by Crippen LogP contribution is -2.26. The van der Waals surface area contributed by atoms with Gasteiger partial charge in [-0.25, -0.2) is 4.79 Å². The van der Waals surface area contributed by atoms with Crippen molar-refractivity contribution in [2.75, 3.05) is 6.61 Å². The number of hydrogen-bond acceptors (Lipinski definition) is 4. The van der Waals surface area contributed by atoms with Gasteiger partial charge in [0, 0.05) is 16.7 Å². The van der Waals surface area contributed by atoms with Crippen molar-refractivity contribution in [3.63, 3.8) is 0 Å². The average Bonchev–Trinajstić information content (AvgIpc) is 3.20. The van der Waals surface area contributed by atoms with Gasteiger partial charge in [0.05, 0.1) is 5.56 Å². The fraction of sp³-hybridized carbons (Fsp3) is 0.429. The smallest absolute Gasteiger partial charge is 0.335 e. The predicted molar refractivity (Wildman–Crippen MR) is 130 cm³/mol. The van der Waals surface area contributed by atoms with Gasteiger partial charge < -0.3 is 14.3 Å². The zero-order chi connectivity index (χ0) is 24.2. The van der Waals surface area contributed by atoms with E-state index < -0.39 is 11.4 Å². The van der Waals surface area contributed by atoms with Gasteiger partial charge in [-0.1, -0.05) is 46.8 Å². The topological polar surface area (TPSA) is 76.7 Å². The van der Waals surface area contributed by atoms with E-state index in [1.807, 2.05) is 32.9 Å². The Morgan fingerprint density at radius 2 is 1.82 bits per heavy atom. The number of carboxylic acids is 1. The van der Waals surface area contributed by atoms with Crippen molar-refractivity contribution in [2.24, 2.45) is 5.41 Å². The van der Waals surface area contributed by atoms with Crippen molar-refractivity contribution in [1.29, 1.82) is 0 Å². The molecule has 2 aromatic carbocycles. The molecule has 3 rings (SSSR count). The van der Waals surface area contributed by atoms with Gasteiger partial charge in [-0.15, -0.1) is 0 Å². The summed E-state index contributed by atoms with van der Waals surface area (Å²) in [6, 6.07) is 13.1. The Balaban J connectivity index is 1.69. The van der Waals surface area contributed by atoms with E-state index in [0.717, 1.165) is 48.1 Å². The van der Waals surface area contributed by atoms with Crippen LogP contribution >= 0.6 is 0 Å². The number of carbonyl (C=O) groups excluding carboxylic acids is 1. The summed E-state index contributed by atoms with van der Waals surface area (Å²) in [5.41, 5.74) is 2.90. The highest BCUT2D eigenvalue weighted by Crippen LogP contribution is 2.32. The van der Waals surface area contributed by atoms with Crippen molar-refractivity contribution >= 4 is 22.7 Å². The number of furan rings is 1. The largest absolute Gasteiger partial charge is 0.486 e. The van der Waals surface area contributed by atoms with Gasteiger partial charge in [-0.05, 0) is 67.1 Å². The van der Waals surface area contributed by atoms with E-state index in [4.69, 9.17) is 9.15 Å². The predicted octanol–water partition coefficient (Wildman–Crippen LogP) is 6.81. The van der Waals surface area contributed by atoms with Crippen LogP contribution < -0.4 is 4.74 Å². The third-order valence-corrected chi connectivity index (χ3v) is 6.16. The van der Waals surface area contributed by atoms with Gasteiger partial charge in [-0.3, -0.25) is 4.79 Å². The maximum atomic E-state index is 12.2. The first kappa shape index (κ1) is 24.6. The number of carbonyl (C=O) groups is 2. The van der Waals surface area contributed by atoms with Crippen LogP contribution in [0.25, 0.3) is 11.0 Å². The Kier molecular flexibility index (Phi) is 7.62. The number of hydrogen-bond donors (Lipinski definition) is 1. The second-order valence-electron chi connectivity index (χ2n) is 9.61. The van der Waals surface area contributed by atoms with Crippen molar-refractivity contribution in [1.82, 2.24) is 0 Å². The highest BCUT2D eigenvalue weighted by molar-refractivity contribution is 5.93. The number of carboxylic acid groups (broad SMARTS) is 1. The van der Waals surface area contributed by atoms with E-state index in [1.54, 1.807) is 18.2 Å². The summed E-state index contributed by atoms with van der Waals surface area (Å²) in [6.07, 6.45) is 3.58. The van der Waals surface area contributed by atoms with Crippen LogP contribution in [-0.2, 0) is 17.6 Å². The Hall–Kier alpha value is -3.08. The maximum Gasteiger partial charge on any atom is 0.335 e. The third kappa shape index (κ3) is 6.04. The maximum absolute atomic E-state index is 12.2. The molecular formula is C28H34O5. The normalized spacial score (nSPS) is 12.6. The molecule has 1 N–H and O–H groups in total. The molecule has 0 saturated carbocycles. The fourth-order valence-electron chi connectivity index (χ4n) is 3.85. The monoisotopic (exact) mass is 450 g/mol. The summed E-state index contributed by atoms with van der Waals surface area (Å²) in [7, 11) is 0. The van der Waals surface area contributed by atoms with Crippen LogP contribution in [0.15, 0.2) is 46.9 Å². The minimum Gasteiger partial charge on any atom is -0.486 e. The first-order valence-corrected chi connectivity index (χ1v) is 11.7. The zero-order valence-corrected chi connectivity index (χ0v) is 20.2. The number of Topliss-reactive ketones (excluding diaryl/α,β-unsaturated/α-hetero) is 1. The molecule has 1 heterocycles. The first-order valence-electron chi connectivity index (χ1n) is 11.7. The quantitative estimate of drug-likeness (QED) is 0.367. The minimum absolute atomic E-state index is 0.0840. The molecule has 0 bridgehead atoms. The van der Waals surface area contributed by atoms with Crippen LogP contribution in [0, 0.1) is 5.41 Å². The molecule has 1 unspecified atom stereocenters. The first-order chi connectivity index (χ1) is 15.6. The van der Waals surface area contributed by atoms with Crippen LogP contribution in [0.3, 0.4) is 0 Å². The standard InChI is InChI=1S/C28H34O5/c1-6-19(25-16-22-15-21(27(30)31)11-13-24(22)33-25)10-8-18-9-12-23(20(7-2)14-18)32-17-26(29)28(3,4)5/h9,11-16,19H,6-8,10,17H2,1-5H3,(H,30,31). The van der Waals surface area contributed by atoms with Crippen LogP contribution in [0.4, 0.5) is 0 Å². The number of ether oxygens (including phenoxy) is 1. The molecule has 0 aliphatic carbocycles. The molecule has 3 aromatic rings. The number of fused-ring (bicyclic) bond motifs is 1. The molecule has 0 spiro atoms. The van der Waals surface area contributed by atoms with Gasteiger partial charge in [0.15, 0.2) is 5.78 Å².